The van der Waals surface area contributed by atoms with Crippen LogP contribution in [0.2, 0.25) is 15.1 Å². The number of aromatic nitrogens is 1. The van der Waals surface area contributed by atoms with Crippen molar-refractivity contribution in [2.75, 3.05) is 17.4 Å². The van der Waals surface area contributed by atoms with Crippen LogP contribution in [0.15, 0.2) is 90.7 Å². The molecule has 58 heavy (non-hydrogen) atoms. The highest BCUT2D eigenvalue weighted by Crippen LogP contribution is 2.62. The van der Waals surface area contributed by atoms with Crippen LogP contribution in [0.3, 0.4) is 0 Å². The van der Waals surface area contributed by atoms with Gasteiger partial charge in [0.25, 0.3) is 11.8 Å². The molecule has 6 atom stereocenters. The van der Waals surface area contributed by atoms with Gasteiger partial charge in [0.15, 0.2) is 17.3 Å². The van der Waals surface area contributed by atoms with Crippen molar-refractivity contribution in [1.29, 1.82) is 0 Å². The minimum Gasteiger partial charge on any atom is -0.504 e. The van der Waals surface area contributed by atoms with Crippen LogP contribution in [0.1, 0.15) is 35.1 Å². The number of halogens is 6. The van der Waals surface area contributed by atoms with Crippen molar-refractivity contribution in [3.63, 3.8) is 0 Å². The number of methoxy groups -OCH3 is 1. The smallest absolute Gasteiger partial charge is 0.417 e. The second-order valence-electron chi connectivity index (χ2n) is 14.7. The van der Waals surface area contributed by atoms with Crippen molar-refractivity contribution < 1.29 is 42.2 Å². The van der Waals surface area contributed by atoms with E-state index in [1.807, 2.05) is 6.08 Å². The number of nitrogens with zero attached hydrogens (tertiary/aromatic N) is 3. The third kappa shape index (κ3) is 6.22. The zero-order chi connectivity index (χ0) is 41.4. The third-order valence-electron chi connectivity index (χ3n) is 11.7. The number of hydrazine groups is 1. The molecule has 8 rings (SSSR count). The summed E-state index contributed by atoms with van der Waals surface area (Å²) in [5, 5.41) is 11.3. The molecule has 10 nitrogen and oxygen atoms in total. The first-order valence-corrected chi connectivity index (χ1v) is 19.2. The van der Waals surface area contributed by atoms with Crippen LogP contribution in [0.5, 0.6) is 11.5 Å². The average molecular weight is 852 g/mol. The van der Waals surface area contributed by atoms with Crippen LogP contribution in [0.4, 0.5) is 24.7 Å². The summed E-state index contributed by atoms with van der Waals surface area (Å²) in [6.45, 7) is 1.80. The number of anilines is 2. The Hall–Kier alpha value is -5.37. The number of carbonyl (C=O) groups is 4. The van der Waals surface area contributed by atoms with Gasteiger partial charge in [-0.1, -0.05) is 82.9 Å². The van der Waals surface area contributed by atoms with E-state index in [0.29, 0.717) is 44.7 Å². The predicted molar refractivity (Wildman–Crippen MR) is 210 cm³/mol. The fourth-order valence-electron chi connectivity index (χ4n) is 9.01. The van der Waals surface area contributed by atoms with E-state index in [0.717, 1.165) is 15.5 Å². The van der Waals surface area contributed by atoms with Crippen molar-refractivity contribution in [3.05, 3.63) is 128 Å². The quantitative estimate of drug-likeness (QED) is 0.140. The maximum atomic E-state index is 15.3. The van der Waals surface area contributed by atoms with Gasteiger partial charge < -0.3 is 9.84 Å². The Balaban J connectivity index is 1.29. The minimum atomic E-state index is -4.76. The number of ether oxygens (including phenoxy) is 1. The van der Waals surface area contributed by atoms with E-state index in [4.69, 9.17) is 39.5 Å². The summed E-state index contributed by atoms with van der Waals surface area (Å²) in [4.78, 5) is 63.7. The molecule has 2 aliphatic heterocycles. The van der Waals surface area contributed by atoms with Crippen molar-refractivity contribution >= 4 is 76.0 Å². The molecule has 0 bridgehead atoms. The molecule has 16 heteroatoms. The maximum absolute atomic E-state index is 15.3. The Morgan fingerprint density at radius 3 is 2.34 bits per heavy atom. The van der Waals surface area contributed by atoms with Gasteiger partial charge in [0.05, 0.1) is 46.6 Å². The van der Waals surface area contributed by atoms with E-state index < -0.39 is 75.4 Å². The number of rotatable bonds is 7. The molecular formula is C42H32Cl3F3N4O6. The molecule has 0 spiro atoms. The molecule has 3 aromatic carbocycles. The van der Waals surface area contributed by atoms with E-state index in [1.54, 1.807) is 73.7 Å². The Labute approximate surface area is 344 Å². The molecule has 0 radical (unpaired) electrons. The molecule has 1 saturated carbocycles. The minimum absolute atomic E-state index is 0.0502. The number of amides is 4. The van der Waals surface area contributed by atoms with Gasteiger partial charge >= 0.3 is 6.18 Å². The number of phenolic OH excluding ortho intramolecular Hbond substituents is 1. The van der Waals surface area contributed by atoms with Crippen LogP contribution in [0.25, 0.3) is 6.08 Å². The summed E-state index contributed by atoms with van der Waals surface area (Å²) in [6, 6.07) is 16.6. The topological polar surface area (TPSA) is 129 Å². The molecule has 3 heterocycles. The van der Waals surface area contributed by atoms with Gasteiger partial charge in [-0.25, -0.2) is 9.88 Å². The number of benzene rings is 3. The number of carbonyl (C=O) groups excluding carboxylic acids is 4. The van der Waals surface area contributed by atoms with Crippen LogP contribution >= 0.6 is 34.8 Å². The van der Waals surface area contributed by atoms with Gasteiger partial charge in [-0.05, 0) is 84.8 Å². The van der Waals surface area contributed by atoms with E-state index >= 15 is 4.79 Å². The lowest BCUT2D eigenvalue weighted by atomic mass is 9.50. The van der Waals surface area contributed by atoms with Gasteiger partial charge in [0.2, 0.25) is 11.8 Å². The number of aromatic hydroxyl groups is 1. The lowest BCUT2D eigenvalue weighted by molar-refractivity contribution is -0.139. The number of imide groups is 2. The predicted octanol–water partition coefficient (Wildman–Crippen LogP) is 8.82. The highest BCUT2D eigenvalue weighted by atomic mass is 35.5. The van der Waals surface area contributed by atoms with E-state index in [2.05, 4.69) is 10.4 Å². The molecule has 3 fully saturated rings. The summed E-state index contributed by atoms with van der Waals surface area (Å²) in [6.07, 6.45) is 1.21. The number of aryl methyl sites for hydroxylation is 1. The number of nitrogens with one attached hydrogen (secondary N) is 1. The molecule has 4 aromatic rings. The lowest BCUT2D eigenvalue weighted by Gasteiger charge is -2.49. The fourth-order valence-corrected chi connectivity index (χ4v) is 9.52. The average Bonchev–Trinajstić information content (AvgIpc) is 3.57. The van der Waals surface area contributed by atoms with Crippen molar-refractivity contribution in [2.24, 2.45) is 29.6 Å². The monoisotopic (exact) mass is 850 g/mol. The molecular weight excluding hydrogens is 820 g/mol. The number of phenols is 1. The standard InChI is InChI=1S/C42H32Cl3F3N4O6/c1-20-3-10-25(17-31(20)44)51-37(54)27-12-11-26-28(35(27)39(51)56)18-30-38(55)52(50-36-32(45)16-23(19-49-36)42(46,47)48)40(57)41(30,22-6-8-24(43)9-7-22)29(26)13-4-21-5-14-33(53)34(15-21)58-2/h3-11,13-17,19,27-30,35,53H,12,18H2,1-2H3,(H,49,50). The van der Waals surface area contributed by atoms with Crippen molar-refractivity contribution in [3.8, 4) is 11.5 Å². The Kier molecular flexibility index (Phi) is 9.84. The van der Waals surface area contributed by atoms with Crippen molar-refractivity contribution in [1.82, 2.24) is 9.99 Å². The van der Waals surface area contributed by atoms with Crippen LogP contribution in [0, 0.1) is 36.5 Å². The van der Waals surface area contributed by atoms with Gasteiger partial charge in [-0.2, -0.15) is 18.2 Å². The lowest BCUT2D eigenvalue weighted by Crippen LogP contribution is -2.54. The second kappa shape index (κ2) is 14.5. The number of pyridine rings is 1. The van der Waals surface area contributed by atoms with Gasteiger partial charge in [-0.15, -0.1) is 0 Å². The molecule has 6 unspecified atom stereocenters. The number of alkyl halides is 3. The zero-order valence-electron chi connectivity index (χ0n) is 30.6. The van der Waals surface area contributed by atoms with Gasteiger partial charge in [-0.3, -0.25) is 24.6 Å². The number of allylic oxidation sites excluding steroid dienone is 3. The second-order valence-corrected chi connectivity index (χ2v) is 15.9. The SMILES string of the molecule is COc1cc(C=CC2C3=CCC4C(=O)N(c5ccc(C)c(Cl)c5)C(=O)C4C3CC3C(=O)N(Nc4ncc(C(F)(F)F)cc4Cl)C(=O)C23c2ccc(Cl)cc2)ccc1O. The molecule has 298 valence electrons. The molecule has 1 aromatic heterocycles. The number of hydrogen-bond acceptors (Lipinski definition) is 8. The number of fused-ring (bicyclic) bond motifs is 4. The molecule has 4 aliphatic rings. The van der Waals surface area contributed by atoms with Crippen LogP contribution < -0.4 is 15.1 Å². The first-order valence-electron chi connectivity index (χ1n) is 18.1. The summed E-state index contributed by atoms with van der Waals surface area (Å²) >= 11 is 19.0. The Bertz CT molecular complexity index is 2480. The summed E-state index contributed by atoms with van der Waals surface area (Å²) in [7, 11) is 1.40. The van der Waals surface area contributed by atoms with Gasteiger partial charge in [0.1, 0.15) is 0 Å². The summed E-state index contributed by atoms with van der Waals surface area (Å²) < 4.78 is 45.8. The molecule has 2 saturated heterocycles. The van der Waals surface area contributed by atoms with Gasteiger partial charge in [0, 0.05) is 22.2 Å². The van der Waals surface area contributed by atoms with E-state index in [1.165, 1.54) is 13.2 Å². The zero-order valence-corrected chi connectivity index (χ0v) is 32.8. The Morgan fingerprint density at radius 1 is 0.931 bits per heavy atom. The first-order chi connectivity index (χ1) is 27.6. The van der Waals surface area contributed by atoms with E-state index in [-0.39, 0.29) is 30.2 Å². The molecule has 4 amide bonds. The van der Waals surface area contributed by atoms with Crippen LogP contribution in [-0.4, -0.2) is 45.8 Å². The highest BCUT2D eigenvalue weighted by molar-refractivity contribution is 6.33. The number of hydrogen-bond donors (Lipinski definition) is 2. The summed E-state index contributed by atoms with van der Waals surface area (Å²) in [5.41, 5.74) is 2.46. The van der Waals surface area contributed by atoms with Crippen molar-refractivity contribution in [2.45, 2.75) is 31.4 Å². The van der Waals surface area contributed by atoms with Crippen LogP contribution in [-0.2, 0) is 30.8 Å². The highest BCUT2D eigenvalue weighted by Gasteiger charge is 2.69. The molecule has 2 aliphatic carbocycles. The largest absolute Gasteiger partial charge is 0.504 e. The molecule has 2 N–H and O–H groups in total. The Morgan fingerprint density at radius 2 is 1.67 bits per heavy atom. The normalized spacial score (nSPS) is 25.5. The maximum Gasteiger partial charge on any atom is 0.417 e. The first kappa shape index (κ1) is 39.5. The fraction of sp³-hybridized carbons (Fsp3) is 0.262. The van der Waals surface area contributed by atoms with E-state index in [9.17, 15) is 32.7 Å². The summed E-state index contributed by atoms with van der Waals surface area (Å²) in [5.74, 6) is -7.19. The third-order valence-corrected chi connectivity index (χ3v) is 12.7.